The molecule has 170 valence electrons. The van der Waals surface area contributed by atoms with Crippen molar-refractivity contribution in [3.63, 3.8) is 0 Å². The Morgan fingerprint density at radius 2 is 1.78 bits per heavy atom. The van der Waals surface area contributed by atoms with Crippen molar-refractivity contribution in [3.8, 4) is 11.4 Å². The first-order valence-electron chi connectivity index (χ1n) is 9.14. The van der Waals surface area contributed by atoms with Crippen molar-refractivity contribution in [2.24, 2.45) is 0 Å². The third-order valence-electron chi connectivity index (χ3n) is 4.35. The van der Waals surface area contributed by atoms with Crippen LogP contribution in [-0.2, 0) is 32.3 Å². The van der Waals surface area contributed by atoms with Gasteiger partial charge in [0.1, 0.15) is 6.54 Å². The number of hydrogen-bond acceptors (Lipinski definition) is 7. The Hall–Kier alpha value is -3.41. The zero-order valence-corrected chi connectivity index (χ0v) is 17.8. The maximum atomic E-state index is 12.7. The average Bonchev–Trinajstić information content (AvgIpc) is 3.19. The molecule has 3 aromatic rings. The molecule has 0 unspecified atom stereocenters. The number of rotatable bonds is 7. The molecule has 12 heteroatoms. The predicted octanol–water partition coefficient (Wildman–Crippen LogP) is 3.57. The topological polar surface area (TPSA) is 103 Å². The molecule has 0 bridgehead atoms. The van der Waals surface area contributed by atoms with Gasteiger partial charge in [0.2, 0.25) is 15.8 Å². The molecule has 8 nitrogen and oxygen atoms in total. The molecule has 2 aromatic carbocycles. The van der Waals surface area contributed by atoms with Crippen molar-refractivity contribution in [1.82, 2.24) is 10.1 Å². The van der Waals surface area contributed by atoms with E-state index >= 15 is 0 Å². The highest BCUT2D eigenvalue weighted by Gasteiger charge is 2.30. The number of carbonyl (C=O) groups is 1. The number of halogens is 3. The number of esters is 1. The number of sulfonamides is 1. The minimum atomic E-state index is -4.46. The van der Waals surface area contributed by atoms with Gasteiger partial charge in [0, 0.05) is 5.56 Å². The molecule has 0 aliphatic rings. The summed E-state index contributed by atoms with van der Waals surface area (Å²) in [4.78, 5) is 16.2. The normalized spacial score (nSPS) is 11.9. The summed E-state index contributed by atoms with van der Waals surface area (Å²) in [5.74, 6) is -0.939. The van der Waals surface area contributed by atoms with Gasteiger partial charge in [0.05, 0.1) is 17.5 Å². The van der Waals surface area contributed by atoms with Gasteiger partial charge in [0.15, 0.2) is 6.61 Å². The van der Waals surface area contributed by atoms with Crippen LogP contribution in [0.2, 0.25) is 0 Å². The Balaban J connectivity index is 1.65. The van der Waals surface area contributed by atoms with Crippen LogP contribution in [-0.4, -0.2) is 37.3 Å². The van der Waals surface area contributed by atoms with Crippen LogP contribution in [0.25, 0.3) is 11.4 Å². The first-order valence-corrected chi connectivity index (χ1v) is 11.0. The van der Waals surface area contributed by atoms with Crippen LogP contribution in [0.1, 0.15) is 17.0 Å². The van der Waals surface area contributed by atoms with E-state index < -0.39 is 40.9 Å². The Kier molecular flexibility index (Phi) is 6.53. The Morgan fingerprint density at radius 1 is 1.12 bits per heavy atom. The quantitative estimate of drug-likeness (QED) is 0.488. The standard InChI is InChI=1S/C20H18F3N3O5S/c1-13-5-3-4-6-16(13)26(32(2,28)29)11-18(27)30-12-17-24-19(25-31-17)14-7-9-15(10-8-14)20(21,22)23/h3-10H,11-12H2,1-2H3. The van der Waals surface area contributed by atoms with Crippen LogP contribution in [0.15, 0.2) is 53.1 Å². The van der Waals surface area contributed by atoms with E-state index in [0.717, 1.165) is 22.7 Å². The van der Waals surface area contributed by atoms with Gasteiger partial charge >= 0.3 is 12.1 Å². The minimum absolute atomic E-state index is 0.0162. The fraction of sp³-hybridized carbons (Fsp3) is 0.250. The molecule has 1 heterocycles. The van der Waals surface area contributed by atoms with Gasteiger partial charge in [-0.25, -0.2) is 8.42 Å². The maximum absolute atomic E-state index is 12.7. The number of aryl methyl sites for hydroxylation is 1. The van der Waals surface area contributed by atoms with Gasteiger partial charge in [-0.1, -0.05) is 35.5 Å². The van der Waals surface area contributed by atoms with Crippen molar-refractivity contribution >= 4 is 21.7 Å². The van der Waals surface area contributed by atoms with E-state index in [0.29, 0.717) is 11.3 Å². The maximum Gasteiger partial charge on any atom is 0.416 e. The van der Waals surface area contributed by atoms with Gasteiger partial charge in [-0.05, 0) is 30.7 Å². The summed E-state index contributed by atoms with van der Waals surface area (Å²) in [5, 5.41) is 3.65. The van der Waals surface area contributed by atoms with Crippen LogP contribution in [0.5, 0.6) is 0 Å². The Labute approximate surface area is 181 Å². The van der Waals surface area contributed by atoms with E-state index in [-0.39, 0.29) is 17.3 Å². The fourth-order valence-corrected chi connectivity index (χ4v) is 3.67. The van der Waals surface area contributed by atoms with Crippen LogP contribution >= 0.6 is 0 Å². The number of alkyl halides is 3. The third-order valence-corrected chi connectivity index (χ3v) is 5.48. The number of aromatic nitrogens is 2. The number of benzene rings is 2. The van der Waals surface area contributed by atoms with E-state index in [2.05, 4.69) is 10.1 Å². The van der Waals surface area contributed by atoms with E-state index in [1.165, 1.54) is 12.1 Å². The molecule has 0 amide bonds. The highest BCUT2D eigenvalue weighted by atomic mass is 32.2. The Bertz CT molecular complexity index is 1210. The molecule has 0 aliphatic carbocycles. The second-order valence-corrected chi connectivity index (χ2v) is 8.71. The van der Waals surface area contributed by atoms with E-state index in [9.17, 15) is 26.4 Å². The van der Waals surface area contributed by atoms with Crippen LogP contribution in [0.4, 0.5) is 18.9 Å². The predicted molar refractivity (Wildman–Crippen MR) is 108 cm³/mol. The molecule has 0 aliphatic heterocycles. The SMILES string of the molecule is Cc1ccccc1N(CC(=O)OCc1nc(-c2ccc(C(F)(F)F)cc2)no1)S(C)(=O)=O. The molecule has 32 heavy (non-hydrogen) atoms. The first kappa shape index (κ1) is 23.3. The number of carbonyl (C=O) groups excluding carboxylic acids is 1. The zero-order valence-electron chi connectivity index (χ0n) is 17.0. The molecule has 0 radical (unpaired) electrons. The van der Waals surface area contributed by atoms with Crippen LogP contribution in [0.3, 0.4) is 0 Å². The Morgan fingerprint density at radius 3 is 2.38 bits per heavy atom. The number of hydrogen-bond donors (Lipinski definition) is 0. The molecule has 0 fully saturated rings. The number of para-hydroxylation sites is 1. The summed E-state index contributed by atoms with van der Waals surface area (Å²) >= 11 is 0. The highest BCUT2D eigenvalue weighted by Crippen LogP contribution is 2.30. The summed E-state index contributed by atoms with van der Waals surface area (Å²) in [7, 11) is -3.76. The van der Waals surface area contributed by atoms with Gasteiger partial charge in [0.25, 0.3) is 5.89 Å². The molecule has 0 N–H and O–H groups in total. The molecule has 0 saturated heterocycles. The largest absolute Gasteiger partial charge is 0.454 e. The third kappa shape index (κ3) is 5.63. The van der Waals surface area contributed by atoms with Crippen molar-refractivity contribution in [1.29, 1.82) is 0 Å². The van der Waals surface area contributed by atoms with Crippen LogP contribution < -0.4 is 4.31 Å². The van der Waals surface area contributed by atoms with Gasteiger partial charge in [-0.3, -0.25) is 9.10 Å². The summed E-state index contributed by atoms with van der Waals surface area (Å²) in [6, 6.07) is 10.8. The van der Waals surface area contributed by atoms with Gasteiger partial charge in [-0.2, -0.15) is 18.2 Å². The van der Waals surface area contributed by atoms with Crippen molar-refractivity contribution in [3.05, 3.63) is 65.5 Å². The van der Waals surface area contributed by atoms with Crippen LogP contribution in [0, 0.1) is 6.92 Å². The second kappa shape index (κ2) is 8.99. The lowest BCUT2D eigenvalue weighted by atomic mass is 10.1. The van der Waals surface area contributed by atoms with E-state index in [1.807, 2.05) is 0 Å². The number of ether oxygens (including phenoxy) is 1. The summed E-state index contributed by atoms with van der Waals surface area (Å²) < 4.78 is 73.2. The monoisotopic (exact) mass is 469 g/mol. The summed E-state index contributed by atoms with van der Waals surface area (Å²) in [5.41, 5.74) is 0.461. The molecule has 0 saturated carbocycles. The summed E-state index contributed by atoms with van der Waals surface area (Å²) in [6.07, 6.45) is -3.49. The van der Waals surface area contributed by atoms with Crippen molar-refractivity contribution in [2.45, 2.75) is 19.7 Å². The first-order chi connectivity index (χ1) is 14.9. The lowest BCUT2D eigenvalue weighted by Gasteiger charge is -2.22. The number of nitrogens with zero attached hydrogens (tertiary/aromatic N) is 3. The average molecular weight is 469 g/mol. The molecular formula is C20H18F3N3O5S. The molecular weight excluding hydrogens is 451 g/mol. The van der Waals surface area contributed by atoms with Crippen molar-refractivity contribution in [2.75, 3.05) is 17.1 Å². The van der Waals surface area contributed by atoms with Gasteiger partial charge < -0.3 is 9.26 Å². The lowest BCUT2D eigenvalue weighted by Crippen LogP contribution is -2.36. The van der Waals surface area contributed by atoms with Gasteiger partial charge in [-0.15, -0.1) is 0 Å². The smallest absolute Gasteiger partial charge is 0.416 e. The zero-order chi connectivity index (χ0) is 23.5. The van der Waals surface area contributed by atoms with E-state index in [1.54, 1.807) is 31.2 Å². The lowest BCUT2D eigenvalue weighted by molar-refractivity contribution is -0.143. The van der Waals surface area contributed by atoms with Crippen molar-refractivity contribution < 1.29 is 35.6 Å². The minimum Gasteiger partial charge on any atom is -0.454 e. The van der Waals surface area contributed by atoms with E-state index in [4.69, 9.17) is 9.26 Å². The molecule has 3 rings (SSSR count). The molecule has 1 aromatic heterocycles. The summed E-state index contributed by atoms with van der Waals surface area (Å²) in [6.45, 7) is 0.710. The number of anilines is 1. The highest BCUT2D eigenvalue weighted by molar-refractivity contribution is 7.92. The second-order valence-electron chi connectivity index (χ2n) is 6.80. The molecule has 0 atom stereocenters. The molecule has 0 spiro atoms. The fourth-order valence-electron chi connectivity index (χ4n) is 2.77.